The first-order valence-corrected chi connectivity index (χ1v) is 7.54. The number of carbonyl (C=O) groups excluding carboxylic acids is 1. The van der Waals surface area contributed by atoms with Crippen molar-refractivity contribution in [1.29, 1.82) is 0 Å². The fourth-order valence-corrected chi connectivity index (χ4v) is 2.85. The summed E-state index contributed by atoms with van der Waals surface area (Å²) in [6.07, 6.45) is 1.96. The molecule has 4 heteroatoms. The van der Waals surface area contributed by atoms with Gasteiger partial charge in [-0.05, 0) is 17.5 Å². The van der Waals surface area contributed by atoms with Gasteiger partial charge in [0.25, 0.3) is 0 Å². The van der Waals surface area contributed by atoms with Crippen molar-refractivity contribution in [2.24, 2.45) is 0 Å². The molecule has 19 heavy (non-hydrogen) atoms. The molecule has 2 rings (SSSR count). The van der Waals surface area contributed by atoms with Crippen LogP contribution in [0.3, 0.4) is 0 Å². The largest absolute Gasteiger partial charge is 0.485 e. The maximum Gasteiger partial charge on any atom is 0.134 e. The van der Waals surface area contributed by atoms with Crippen LogP contribution in [0.4, 0.5) is 0 Å². The average molecular weight is 295 g/mol. The molecule has 1 aromatic heterocycles. The molecule has 100 valence electrons. The highest BCUT2D eigenvalue weighted by molar-refractivity contribution is 7.10. The summed E-state index contributed by atoms with van der Waals surface area (Å²) >= 11 is 7.51. The summed E-state index contributed by atoms with van der Waals surface area (Å²) in [4.78, 5) is 11.8. The molecule has 0 radical (unpaired) electrons. The van der Waals surface area contributed by atoms with Gasteiger partial charge in [-0.3, -0.25) is 0 Å². The van der Waals surface area contributed by atoms with E-state index in [1.807, 2.05) is 41.8 Å². The van der Waals surface area contributed by atoms with Gasteiger partial charge >= 0.3 is 0 Å². The molecule has 0 aliphatic heterocycles. The molecule has 0 spiro atoms. The summed E-state index contributed by atoms with van der Waals surface area (Å²) in [5.74, 6) is 1.30. The van der Waals surface area contributed by atoms with Crippen LogP contribution in [0, 0.1) is 0 Å². The molecule has 0 N–H and O–H groups in total. The Hall–Kier alpha value is -1.32. The van der Waals surface area contributed by atoms with Gasteiger partial charge in [0.2, 0.25) is 0 Å². The fraction of sp³-hybridized carbons (Fsp3) is 0.267. The Morgan fingerprint density at radius 3 is 2.79 bits per heavy atom. The predicted molar refractivity (Wildman–Crippen MR) is 79.2 cm³/mol. The molecule has 1 aromatic carbocycles. The van der Waals surface area contributed by atoms with Crippen molar-refractivity contribution in [3.63, 3.8) is 0 Å². The number of para-hydroxylation sites is 1. The summed E-state index contributed by atoms with van der Waals surface area (Å²) in [6, 6.07) is 11.7. The maximum atomic E-state index is 10.7. The quantitative estimate of drug-likeness (QED) is 0.564. The standard InChI is InChI=1S/C15H15ClO2S/c16-9-7-14(15-6-3-11-19-15)18-13-5-2-1-4-12(13)8-10-17/h1-6,10-11,14H,7-9H2. The van der Waals surface area contributed by atoms with Gasteiger partial charge in [0.05, 0.1) is 0 Å². The molecule has 1 unspecified atom stereocenters. The summed E-state index contributed by atoms with van der Waals surface area (Å²) in [5, 5.41) is 2.03. The zero-order valence-corrected chi connectivity index (χ0v) is 12.0. The number of thiophene rings is 1. The van der Waals surface area contributed by atoms with E-state index in [2.05, 4.69) is 0 Å². The summed E-state index contributed by atoms with van der Waals surface area (Å²) < 4.78 is 6.05. The lowest BCUT2D eigenvalue weighted by atomic mass is 10.1. The molecular formula is C15H15ClO2S. The van der Waals surface area contributed by atoms with E-state index in [1.54, 1.807) is 11.3 Å². The third kappa shape index (κ3) is 3.82. The van der Waals surface area contributed by atoms with Crippen molar-refractivity contribution in [3.05, 3.63) is 52.2 Å². The van der Waals surface area contributed by atoms with E-state index in [9.17, 15) is 4.79 Å². The van der Waals surface area contributed by atoms with Crippen molar-refractivity contribution in [1.82, 2.24) is 0 Å². The van der Waals surface area contributed by atoms with E-state index in [4.69, 9.17) is 16.3 Å². The van der Waals surface area contributed by atoms with Gasteiger partial charge in [-0.15, -0.1) is 22.9 Å². The Kier molecular flexibility index (Phi) is 5.43. The maximum absolute atomic E-state index is 10.7. The summed E-state index contributed by atoms with van der Waals surface area (Å²) in [6.45, 7) is 0. The highest BCUT2D eigenvalue weighted by Crippen LogP contribution is 2.30. The molecule has 0 aliphatic carbocycles. The topological polar surface area (TPSA) is 26.3 Å². The first kappa shape index (κ1) is 14.1. The molecule has 2 aromatic rings. The number of aldehydes is 1. The minimum Gasteiger partial charge on any atom is -0.485 e. The number of hydrogen-bond acceptors (Lipinski definition) is 3. The van der Waals surface area contributed by atoms with E-state index in [0.29, 0.717) is 12.3 Å². The Balaban J connectivity index is 2.19. The number of halogens is 1. The van der Waals surface area contributed by atoms with Crippen LogP contribution in [0.5, 0.6) is 5.75 Å². The second-order valence-electron chi connectivity index (χ2n) is 4.08. The molecule has 0 aliphatic rings. The Morgan fingerprint density at radius 2 is 2.11 bits per heavy atom. The Bertz CT molecular complexity index is 511. The number of ether oxygens (including phenoxy) is 1. The third-order valence-corrected chi connectivity index (χ3v) is 3.96. The second kappa shape index (κ2) is 7.31. The zero-order valence-electron chi connectivity index (χ0n) is 10.4. The Labute approximate surface area is 122 Å². The van der Waals surface area contributed by atoms with Crippen LogP contribution in [0.25, 0.3) is 0 Å². The number of alkyl halides is 1. The van der Waals surface area contributed by atoms with Gasteiger partial charge in [-0.1, -0.05) is 24.3 Å². The van der Waals surface area contributed by atoms with Crippen LogP contribution in [0.1, 0.15) is 23.0 Å². The summed E-state index contributed by atoms with van der Waals surface area (Å²) in [5.41, 5.74) is 0.911. The van der Waals surface area contributed by atoms with Crippen LogP contribution in [-0.4, -0.2) is 12.2 Å². The molecule has 0 amide bonds. The molecular weight excluding hydrogens is 280 g/mol. The van der Waals surface area contributed by atoms with Gasteiger partial charge in [0.15, 0.2) is 0 Å². The molecule has 1 atom stereocenters. The highest BCUT2D eigenvalue weighted by atomic mass is 35.5. The average Bonchev–Trinajstić information content (AvgIpc) is 2.94. The number of carbonyl (C=O) groups is 1. The summed E-state index contributed by atoms with van der Waals surface area (Å²) in [7, 11) is 0. The fourth-order valence-electron chi connectivity index (χ4n) is 1.86. The minimum absolute atomic E-state index is 0.0506. The predicted octanol–water partition coefficient (Wildman–Crippen LogP) is 4.24. The van der Waals surface area contributed by atoms with Gasteiger partial charge in [-0.2, -0.15) is 0 Å². The van der Waals surface area contributed by atoms with E-state index in [1.165, 1.54) is 0 Å². The monoisotopic (exact) mass is 294 g/mol. The van der Waals surface area contributed by atoms with E-state index in [0.717, 1.165) is 28.9 Å². The molecule has 0 saturated heterocycles. The van der Waals surface area contributed by atoms with Crippen molar-refractivity contribution in [3.8, 4) is 5.75 Å². The lowest BCUT2D eigenvalue weighted by molar-refractivity contribution is -0.107. The lowest BCUT2D eigenvalue weighted by Gasteiger charge is -2.18. The Morgan fingerprint density at radius 1 is 1.26 bits per heavy atom. The van der Waals surface area contributed by atoms with Crippen LogP contribution >= 0.6 is 22.9 Å². The lowest BCUT2D eigenvalue weighted by Crippen LogP contribution is -2.08. The van der Waals surface area contributed by atoms with Crippen LogP contribution < -0.4 is 4.74 Å². The van der Waals surface area contributed by atoms with E-state index < -0.39 is 0 Å². The normalized spacial score (nSPS) is 12.1. The van der Waals surface area contributed by atoms with Gasteiger partial charge in [-0.25, -0.2) is 0 Å². The number of hydrogen-bond donors (Lipinski definition) is 0. The second-order valence-corrected chi connectivity index (χ2v) is 5.44. The molecule has 1 heterocycles. The SMILES string of the molecule is O=CCc1ccccc1OC(CCCl)c1cccs1. The van der Waals surface area contributed by atoms with Crippen LogP contribution in [0.15, 0.2) is 41.8 Å². The zero-order chi connectivity index (χ0) is 13.5. The number of benzene rings is 1. The van der Waals surface area contributed by atoms with Gasteiger partial charge in [0.1, 0.15) is 18.1 Å². The van der Waals surface area contributed by atoms with E-state index in [-0.39, 0.29) is 6.10 Å². The minimum atomic E-state index is -0.0506. The first-order valence-electron chi connectivity index (χ1n) is 6.12. The van der Waals surface area contributed by atoms with Gasteiger partial charge < -0.3 is 9.53 Å². The van der Waals surface area contributed by atoms with Crippen molar-refractivity contribution >= 4 is 29.2 Å². The highest BCUT2D eigenvalue weighted by Gasteiger charge is 2.15. The van der Waals surface area contributed by atoms with Crippen LogP contribution in [-0.2, 0) is 11.2 Å². The van der Waals surface area contributed by atoms with Crippen molar-refractivity contribution in [2.75, 3.05) is 5.88 Å². The molecule has 0 bridgehead atoms. The molecule has 2 nitrogen and oxygen atoms in total. The van der Waals surface area contributed by atoms with Crippen LogP contribution in [0.2, 0.25) is 0 Å². The van der Waals surface area contributed by atoms with Crippen molar-refractivity contribution in [2.45, 2.75) is 18.9 Å². The first-order chi connectivity index (χ1) is 9.35. The van der Waals surface area contributed by atoms with E-state index >= 15 is 0 Å². The molecule has 0 fully saturated rings. The van der Waals surface area contributed by atoms with Crippen molar-refractivity contribution < 1.29 is 9.53 Å². The number of rotatable bonds is 7. The molecule has 0 saturated carbocycles. The third-order valence-electron chi connectivity index (χ3n) is 2.78. The smallest absolute Gasteiger partial charge is 0.134 e. The van der Waals surface area contributed by atoms with Gasteiger partial charge in [0, 0.05) is 29.2 Å².